The van der Waals surface area contributed by atoms with Gasteiger partial charge in [-0.05, 0) is 70.6 Å². The van der Waals surface area contributed by atoms with Crippen molar-refractivity contribution in [3.8, 4) is 0 Å². The minimum atomic E-state index is -0.966. The van der Waals surface area contributed by atoms with Crippen molar-refractivity contribution in [1.29, 1.82) is 0 Å². The summed E-state index contributed by atoms with van der Waals surface area (Å²) in [6, 6.07) is 0. The monoisotopic (exact) mass is 675 g/mol. The van der Waals surface area contributed by atoms with Crippen molar-refractivity contribution in [3.05, 3.63) is 36.5 Å². The number of rotatable bonds is 37. The van der Waals surface area contributed by atoms with Crippen LogP contribution in [0.1, 0.15) is 206 Å². The van der Waals surface area contributed by atoms with Gasteiger partial charge in [0.1, 0.15) is 19.3 Å². The van der Waals surface area contributed by atoms with E-state index in [-0.39, 0.29) is 25.2 Å². The Labute approximate surface area is 297 Å². The lowest BCUT2D eigenvalue weighted by Crippen LogP contribution is -2.25. The van der Waals surface area contributed by atoms with Crippen LogP contribution in [0.5, 0.6) is 0 Å². The number of hydrogen-bond acceptors (Lipinski definition) is 5. The highest BCUT2D eigenvalue weighted by molar-refractivity contribution is 5.69. The molecule has 0 saturated heterocycles. The van der Waals surface area contributed by atoms with E-state index in [0.717, 1.165) is 44.9 Å². The zero-order chi connectivity index (χ0) is 35.0. The molecule has 0 aromatic heterocycles. The van der Waals surface area contributed by atoms with E-state index in [4.69, 9.17) is 9.47 Å². The lowest BCUT2D eigenvalue weighted by molar-refractivity contribution is -0.152. The van der Waals surface area contributed by atoms with E-state index in [1.54, 1.807) is 0 Å². The van der Waals surface area contributed by atoms with Crippen molar-refractivity contribution in [2.45, 2.75) is 213 Å². The molecule has 5 nitrogen and oxygen atoms in total. The first-order chi connectivity index (χ1) is 23.6. The minimum Gasteiger partial charge on any atom is -0.463 e. The average Bonchev–Trinajstić information content (AvgIpc) is 3.09. The molecule has 0 aliphatic heterocycles. The van der Waals surface area contributed by atoms with Gasteiger partial charge in [0.15, 0.2) is 0 Å². The van der Waals surface area contributed by atoms with Crippen LogP contribution in [0.4, 0.5) is 0 Å². The van der Waals surface area contributed by atoms with Crippen molar-refractivity contribution in [3.63, 3.8) is 0 Å². The fourth-order valence-electron chi connectivity index (χ4n) is 5.70. The van der Waals surface area contributed by atoms with Crippen LogP contribution in [-0.4, -0.2) is 36.4 Å². The summed E-state index contributed by atoms with van der Waals surface area (Å²) in [5, 5.41) is 10.0. The van der Waals surface area contributed by atoms with Crippen molar-refractivity contribution in [2.75, 3.05) is 13.2 Å². The Kier molecular flexibility index (Phi) is 38.0. The summed E-state index contributed by atoms with van der Waals surface area (Å²) >= 11 is 0. The van der Waals surface area contributed by atoms with Gasteiger partial charge in [-0.25, -0.2) is 0 Å². The largest absolute Gasteiger partial charge is 0.463 e. The molecule has 280 valence electrons. The van der Waals surface area contributed by atoms with Crippen LogP contribution in [0.25, 0.3) is 0 Å². The van der Waals surface area contributed by atoms with Crippen LogP contribution >= 0.6 is 0 Å². The second-order valence-electron chi connectivity index (χ2n) is 13.7. The Bertz CT molecular complexity index is 771. The van der Waals surface area contributed by atoms with Gasteiger partial charge in [0.25, 0.3) is 0 Å². The molecule has 0 aliphatic carbocycles. The minimum absolute atomic E-state index is 0.118. The summed E-state index contributed by atoms with van der Waals surface area (Å²) < 4.78 is 10.3. The number of allylic oxidation sites excluding steroid dienone is 6. The molecule has 1 atom stereocenters. The SMILES string of the molecule is CCCCC/C=C\C/C=C\CCCCCCCCCCCC(=O)OC[C@H](O)COC(=O)CCCCCCCCC/C=C\CCCCCC. The van der Waals surface area contributed by atoms with Crippen molar-refractivity contribution >= 4 is 11.9 Å². The summed E-state index contributed by atoms with van der Waals surface area (Å²) in [5.41, 5.74) is 0. The standard InChI is InChI=1S/C43H78O5/c1-3-5-7-9-11-13-15-17-19-20-21-22-24-26-28-30-32-34-36-38-43(46)48-40-41(44)39-47-42(45)37-35-33-31-29-27-25-23-18-16-14-12-10-8-6-4-2/h11,13-14,16-17,19,41,44H,3-10,12,15,18,20-40H2,1-2H3/b13-11-,16-14-,19-17-/t41-/m1/s1. The molecule has 5 heteroatoms. The summed E-state index contributed by atoms with van der Waals surface area (Å²) in [7, 11) is 0. The van der Waals surface area contributed by atoms with Gasteiger partial charge in [0.05, 0.1) is 0 Å². The van der Waals surface area contributed by atoms with Crippen LogP contribution in [0.2, 0.25) is 0 Å². The van der Waals surface area contributed by atoms with Crippen LogP contribution in [-0.2, 0) is 19.1 Å². The number of unbranched alkanes of at least 4 members (excludes halogenated alkanes) is 23. The molecule has 0 aromatic rings. The number of aliphatic hydroxyl groups excluding tert-OH is 1. The number of carbonyl (C=O) groups excluding carboxylic acids is 2. The second-order valence-corrected chi connectivity index (χ2v) is 13.7. The maximum atomic E-state index is 12.0. The number of esters is 2. The molecular weight excluding hydrogens is 596 g/mol. The van der Waals surface area contributed by atoms with Crippen molar-refractivity contribution in [1.82, 2.24) is 0 Å². The average molecular weight is 675 g/mol. The van der Waals surface area contributed by atoms with Crippen LogP contribution in [0, 0.1) is 0 Å². The van der Waals surface area contributed by atoms with E-state index in [1.807, 2.05) is 0 Å². The van der Waals surface area contributed by atoms with Gasteiger partial charge in [-0.1, -0.05) is 159 Å². The molecule has 0 aromatic carbocycles. The first-order valence-electron chi connectivity index (χ1n) is 20.5. The van der Waals surface area contributed by atoms with E-state index < -0.39 is 6.10 Å². The number of aliphatic hydroxyl groups is 1. The van der Waals surface area contributed by atoms with E-state index in [0.29, 0.717) is 12.8 Å². The number of hydrogen-bond donors (Lipinski definition) is 1. The molecule has 0 aliphatic rings. The van der Waals surface area contributed by atoms with Crippen LogP contribution in [0.3, 0.4) is 0 Å². The topological polar surface area (TPSA) is 72.8 Å². The zero-order valence-electron chi connectivity index (χ0n) is 31.7. The lowest BCUT2D eigenvalue weighted by atomic mass is 10.1. The third kappa shape index (κ3) is 38.6. The summed E-state index contributed by atoms with van der Waals surface area (Å²) in [6.45, 7) is 4.26. The molecule has 0 bridgehead atoms. The van der Waals surface area contributed by atoms with Gasteiger partial charge in [0.2, 0.25) is 0 Å². The molecule has 0 rings (SSSR count). The first kappa shape index (κ1) is 46.1. The maximum absolute atomic E-state index is 12.0. The van der Waals surface area contributed by atoms with E-state index in [9.17, 15) is 14.7 Å². The second kappa shape index (κ2) is 39.6. The molecule has 0 heterocycles. The summed E-state index contributed by atoms with van der Waals surface area (Å²) in [5.74, 6) is -0.572. The quantitative estimate of drug-likeness (QED) is 0.0403. The highest BCUT2D eigenvalue weighted by Crippen LogP contribution is 2.13. The Morgan fingerprint density at radius 1 is 0.438 bits per heavy atom. The van der Waals surface area contributed by atoms with E-state index >= 15 is 0 Å². The van der Waals surface area contributed by atoms with E-state index in [2.05, 4.69) is 50.3 Å². The van der Waals surface area contributed by atoms with Gasteiger partial charge in [-0.3, -0.25) is 9.59 Å². The summed E-state index contributed by atoms with van der Waals surface area (Å²) in [4.78, 5) is 23.9. The van der Waals surface area contributed by atoms with Gasteiger partial charge < -0.3 is 14.6 Å². The van der Waals surface area contributed by atoms with Crippen molar-refractivity contribution < 1.29 is 24.2 Å². The third-order valence-corrected chi connectivity index (χ3v) is 8.85. The Hall–Kier alpha value is -1.88. The third-order valence-electron chi connectivity index (χ3n) is 8.85. The number of ether oxygens (including phenoxy) is 2. The molecule has 0 fully saturated rings. The highest BCUT2D eigenvalue weighted by Gasteiger charge is 2.12. The van der Waals surface area contributed by atoms with Gasteiger partial charge in [0, 0.05) is 12.8 Å². The zero-order valence-corrected chi connectivity index (χ0v) is 31.7. The Morgan fingerprint density at radius 2 is 0.729 bits per heavy atom. The number of carbonyl (C=O) groups is 2. The predicted molar refractivity (Wildman–Crippen MR) is 205 cm³/mol. The molecule has 0 unspecified atom stereocenters. The fourth-order valence-corrected chi connectivity index (χ4v) is 5.70. The molecule has 0 amide bonds. The molecule has 1 N–H and O–H groups in total. The van der Waals surface area contributed by atoms with Crippen LogP contribution in [0.15, 0.2) is 36.5 Å². The van der Waals surface area contributed by atoms with Gasteiger partial charge in [-0.15, -0.1) is 0 Å². The van der Waals surface area contributed by atoms with Gasteiger partial charge in [-0.2, -0.15) is 0 Å². The highest BCUT2D eigenvalue weighted by atomic mass is 16.6. The summed E-state index contributed by atoms with van der Waals surface area (Å²) in [6.07, 6.45) is 47.7. The van der Waals surface area contributed by atoms with Crippen molar-refractivity contribution in [2.24, 2.45) is 0 Å². The lowest BCUT2D eigenvalue weighted by Gasteiger charge is -2.12. The molecule has 0 spiro atoms. The molecule has 0 saturated carbocycles. The maximum Gasteiger partial charge on any atom is 0.305 e. The first-order valence-corrected chi connectivity index (χ1v) is 20.5. The Balaban J connectivity index is 3.43. The normalized spacial score (nSPS) is 12.5. The molecule has 0 radical (unpaired) electrons. The Morgan fingerprint density at radius 3 is 1.12 bits per heavy atom. The van der Waals surface area contributed by atoms with Gasteiger partial charge >= 0.3 is 11.9 Å². The predicted octanol–water partition coefficient (Wildman–Crippen LogP) is 12.8. The fraction of sp³-hybridized carbons (Fsp3) is 0.814. The molecular formula is C43H78O5. The van der Waals surface area contributed by atoms with E-state index in [1.165, 1.54) is 135 Å². The molecule has 48 heavy (non-hydrogen) atoms. The van der Waals surface area contributed by atoms with Crippen LogP contribution < -0.4 is 0 Å². The smallest absolute Gasteiger partial charge is 0.305 e.